The Bertz CT molecular complexity index is 831. The van der Waals surface area contributed by atoms with Gasteiger partial charge in [0.15, 0.2) is 0 Å². The fraction of sp³-hybridized carbons (Fsp3) is 0. The quantitative estimate of drug-likeness (QED) is 0.555. The summed E-state index contributed by atoms with van der Waals surface area (Å²) in [5.41, 5.74) is 1.25. The number of nitro groups is 1. The van der Waals surface area contributed by atoms with E-state index in [1.54, 1.807) is 24.5 Å². The fourth-order valence-electron chi connectivity index (χ4n) is 2.13. The van der Waals surface area contributed by atoms with Crippen molar-refractivity contribution in [2.75, 3.05) is 5.32 Å². The van der Waals surface area contributed by atoms with E-state index >= 15 is 0 Å². The molecule has 1 heterocycles. The molecule has 21 heavy (non-hydrogen) atoms. The van der Waals surface area contributed by atoms with E-state index in [0.717, 1.165) is 16.5 Å². The summed E-state index contributed by atoms with van der Waals surface area (Å²) in [4.78, 5) is 14.9. The van der Waals surface area contributed by atoms with Crippen molar-refractivity contribution < 1.29 is 4.92 Å². The van der Waals surface area contributed by atoms with Crippen LogP contribution in [0.3, 0.4) is 0 Å². The molecular formula is C15H10BrN3O2. The molecule has 0 aliphatic heterocycles. The van der Waals surface area contributed by atoms with Crippen molar-refractivity contribution in [3.8, 4) is 0 Å². The zero-order valence-corrected chi connectivity index (χ0v) is 12.4. The van der Waals surface area contributed by atoms with E-state index in [1.165, 1.54) is 6.07 Å². The van der Waals surface area contributed by atoms with Crippen LogP contribution in [0.4, 0.5) is 17.1 Å². The molecule has 6 heteroatoms. The Morgan fingerprint density at radius 1 is 1.14 bits per heavy atom. The number of nitro benzene ring substituents is 1. The molecule has 0 atom stereocenters. The average molecular weight is 344 g/mol. The first-order valence-electron chi connectivity index (χ1n) is 6.19. The van der Waals surface area contributed by atoms with Gasteiger partial charge in [-0.3, -0.25) is 15.1 Å². The van der Waals surface area contributed by atoms with E-state index in [0.29, 0.717) is 10.2 Å². The fourth-order valence-corrected chi connectivity index (χ4v) is 2.48. The van der Waals surface area contributed by atoms with Crippen molar-refractivity contribution in [3.05, 3.63) is 69.4 Å². The Morgan fingerprint density at radius 2 is 2.00 bits per heavy atom. The molecule has 1 aromatic heterocycles. The summed E-state index contributed by atoms with van der Waals surface area (Å²) in [5.74, 6) is 0. The Morgan fingerprint density at radius 3 is 2.81 bits per heavy atom. The van der Waals surface area contributed by atoms with Gasteiger partial charge in [0.25, 0.3) is 5.69 Å². The summed E-state index contributed by atoms with van der Waals surface area (Å²) in [5, 5.41) is 16.2. The van der Waals surface area contributed by atoms with Crippen LogP contribution in [-0.2, 0) is 0 Å². The number of hydrogen-bond donors (Lipinski definition) is 1. The molecule has 1 N–H and O–H groups in total. The van der Waals surface area contributed by atoms with Crippen LogP contribution in [0.2, 0.25) is 0 Å². The summed E-state index contributed by atoms with van der Waals surface area (Å²) >= 11 is 3.25. The third-order valence-electron chi connectivity index (χ3n) is 3.11. The minimum atomic E-state index is -0.406. The lowest BCUT2D eigenvalue weighted by molar-refractivity contribution is -0.384. The first-order chi connectivity index (χ1) is 10.1. The Balaban J connectivity index is 2.09. The minimum Gasteiger partial charge on any atom is -0.349 e. The minimum absolute atomic E-state index is 0.0188. The molecular weight excluding hydrogens is 334 g/mol. The van der Waals surface area contributed by atoms with Crippen LogP contribution in [0.25, 0.3) is 10.8 Å². The highest BCUT2D eigenvalue weighted by atomic mass is 79.9. The molecule has 0 aliphatic carbocycles. The molecule has 0 bridgehead atoms. The summed E-state index contributed by atoms with van der Waals surface area (Å²) in [6, 6.07) is 12.6. The van der Waals surface area contributed by atoms with Gasteiger partial charge in [-0.15, -0.1) is 0 Å². The molecule has 0 saturated carbocycles. The standard InChI is InChI=1S/C15H10BrN3O2/c16-11-4-5-14(15(8-11)19(20)21)18-13-3-1-2-10-6-7-17-9-12(10)13/h1-9,18H. The van der Waals surface area contributed by atoms with Gasteiger partial charge in [-0.05, 0) is 29.7 Å². The molecule has 0 radical (unpaired) electrons. The molecule has 0 fully saturated rings. The molecule has 0 amide bonds. The van der Waals surface area contributed by atoms with Crippen molar-refractivity contribution in [2.24, 2.45) is 0 Å². The van der Waals surface area contributed by atoms with Crippen LogP contribution < -0.4 is 5.32 Å². The molecule has 0 aliphatic rings. The summed E-state index contributed by atoms with van der Waals surface area (Å²) < 4.78 is 0.666. The molecule has 3 aromatic rings. The first kappa shape index (κ1) is 13.5. The van der Waals surface area contributed by atoms with Crippen LogP contribution in [0, 0.1) is 10.1 Å². The van der Waals surface area contributed by atoms with E-state index in [2.05, 4.69) is 26.2 Å². The third kappa shape index (κ3) is 2.71. The summed E-state index contributed by atoms with van der Waals surface area (Å²) in [6.45, 7) is 0. The number of halogens is 1. The molecule has 5 nitrogen and oxygen atoms in total. The second kappa shape index (κ2) is 5.49. The SMILES string of the molecule is O=[N+]([O-])c1cc(Br)ccc1Nc1cccc2ccncc12. The van der Waals surface area contributed by atoms with Gasteiger partial charge < -0.3 is 5.32 Å². The van der Waals surface area contributed by atoms with Gasteiger partial charge in [-0.25, -0.2) is 0 Å². The highest BCUT2D eigenvalue weighted by Gasteiger charge is 2.15. The average Bonchev–Trinajstić information content (AvgIpc) is 2.49. The van der Waals surface area contributed by atoms with E-state index in [4.69, 9.17) is 0 Å². The van der Waals surface area contributed by atoms with Crippen molar-refractivity contribution in [3.63, 3.8) is 0 Å². The molecule has 0 saturated heterocycles. The van der Waals surface area contributed by atoms with Gasteiger partial charge in [-0.2, -0.15) is 0 Å². The van der Waals surface area contributed by atoms with E-state index in [9.17, 15) is 10.1 Å². The zero-order valence-electron chi connectivity index (χ0n) is 10.8. The summed E-state index contributed by atoms with van der Waals surface area (Å²) in [6.07, 6.45) is 3.45. The second-order valence-corrected chi connectivity index (χ2v) is 5.36. The van der Waals surface area contributed by atoms with Crippen LogP contribution in [-0.4, -0.2) is 9.91 Å². The number of nitrogens with zero attached hydrogens (tertiary/aromatic N) is 2. The predicted octanol–water partition coefficient (Wildman–Crippen LogP) is 4.65. The normalized spacial score (nSPS) is 10.5. The Hall–Kier alpha value is -2.47. The van der Waals surface area contributed by atoms with Crippen molar-refractivity contribution in [1.82, 2.24) is 4.98 Å². The number of rotatable bonds is 3. The maximum absolute atomic E-state index is 11.2. The topological polar surface area (TPSA) is 68.1 Å². The van der Waals surface area contributed by atoms with Crippen molar-refractivity contribution >= 4 is 43.8 Å². The smallest absolute Gasteiger partial charge is 0.293 e. The van der Waals surface area contributed by atoms with Gasteiger partial charge in [0.1, 0.15) is 5.69 Å². The van der Waals surface area contributed by atoms with Gasteiger partial charge in [0.2, 0.25) is 0 Å². The van der Waals surface area contributed by atoms with Gasteiger partial charge in [0.05, 0.1) is 4.92 Å². The molecule has 2 aromatic carbocycles. The van der Waals surface area contributed by atoms with E-state index in [-0.39, 0.29) is 5.69 Å². The largest absolute Gasteiger partial charge is 0.349 e. The van der Waals surface area contributed by atoms with Crippen LogP contribution in [0.5, 0.6) is 0 Å². The molecule has 104 valence electrons. The third-order valence-corrected chi connectivity index (χ3v) is 3.60. The lowest BCUT2D eigenvalue weighted by atomic mass is 10.1. The predicted molar refractivity (Wildman–Crippen MR) is 85.8 cm³/mol. The van der Waals surface area contributed by atoms with Crippen LogP contribution in [0.15, 0.2) is 59.3 Å². The first-order valence-corrected chi connectivity index (χ1v) is 6.98. The maximum atomic E-state index is 11.2. The highest BCUT2D eigenvalue weighted by Crippen LogP contribution is 2.32. The number of anilines is 2. The number of nitrogens with one attached hydrogen (secondary N) is 1. The lowest BCUT2D eigenvalue weighted by Gasteiger charge is -2.10. The monoisotopic (exact) mass is 343 g/mol. The molecule has 0 unspecified atom stereocenters. The number of hydrogen-bond acceptors (Lipinski definition) is 4. The van der Waals surface area contributed by atoms with Gasteiger partial charge >= 0.3 is 0 Å². The number of benzene rings is 2. The highest BCUT2D eigenvalue weighted by molar-refractivity contribution is 9.10. The Labute approximate surface area is 128 Å². The molecule has 3 rings (SSSR count). The van der Waals surface area contributed by atoms with Gasteiger partial charge in [0, 0.05) is 34.0 Å². The van der Waals surface area contributed by atoms with Crippen LogP contribution >= 0.6 is 15.9 Å². The second-order valence-electron chi connectivity index (χ2n) is 4.45. The number of aromatic nitrogens is 1. The van der Waals surface area contributed by atoms with Crippen LogP contribution in [0.1, 0.15) is 0 Å². The van der Waals surface area contributed by atoms with E-state index < -0.39 is 4.92 Å². The number of pyridine rings is 1. The zero-order chi connectivity index (χ0) is 14.8. The lowest BCUT2D eigenvalue weighted by Crippen LogP contribution is -1.97. The Kier molecular flexibility index (Phi) is 3.53. The number of fused-ring (bicyclic) bond motifs is 1. The van der Waals surface area contributed by atoms with Gasteiger partial charge in [-0.1, -0.05) is 28.1 Å². The summed E-state index contributed by atoms with van der Waals surface area (Å²) in [7, 11) is 0. The maximum Gasteiger partial charge on any atom is 0.293 e. The van der Waals surface area contributed by atoms with Crippen molar-refractivity contribution in [1.29, 1.82) is 0 Å². The molecule has 0 spiro atoms. The van der Waals surface area contributed by atoms with Crippen molar-refractivity contribution in [2.45, 2.75) is 0 Å². The van der Waals surface area contributed by atoms with E-state index in [1.807, 2.05) is 24.3 Å².